The van der Waals surface area contributed by atoms with Crippen LogP contribution in [0, 0.1) is 11.6 Å². The Morgan fingerprint density at radius 1 is 1.06 bits per heavy atom. The molecular weight excluding hydrogens is 210 g/mol. The van der Waals surface area contributed by atoms with Crippen LogP contribution in [0.4, 0.5) is 14.5 Å². The van der Waals surface area contributed by atoms with Crippen molar-refractivity contribution in [2.45, 2.75) is 12.8 Å². The van der Waals surface area contributed by atoms with Crippen LogP contribution >= 0.6 is 0 Å². The Kier molecular flexibility index (Phi) is 3.72. The fourth-order valence-corrected chi connectivity index (χ4v) is 2.00. The summed E-state index contributed by atoms with van der Waals surface area (Å²) < 4.78 is 26.7. The molecule has 2 nitrogen and oxygen atoms in total. The van der Waals surface area contributed by atoms with Gasteiger partial charge in [0, 0.05) is 13.1 Å². The van der Waals surface area contributed by atoms with Crippen LogP contribution in [0.2, 0.25) is 0 Å². The van der Waals surface area contributed by atoms with Crippen LogP contribution in [0.25, 0.3) is 0 Å². The summed E-state index contributed by atoms with van der Waals surface area (Å²) in [5.41, 5.74) is 0.391. The molecule has 0 radical (unpaired) electrons. The van der Waals surface area contributed by atoms with Gasteiger partial charge in [-0.25, -0.2) is 8.78 Å². The summed E-state index contributed by atoms with van der Waals surface area (Å²) in [6, 6.07) is 4.36. The fraction of sp³-hybridized carbons (Fsp3) is 0.500. The summed E-state index contributed by atoms with van der Waals surface area (Å²) >= 11 is 0. The van der Waals surface area contributed by atoms with Gasteiger partial charge in [0.15, 0.2) is 11.6 Å². The van der Waals surface area contributed by atoms with Crippen molar-refractivity contribution < 1.29 is 8.78 Å². The maximum atomic E-state index is 13.6. The summed E-state index contributed by atoms with van der Waals surface area (Å²) in [4.78, 5) is 1.93. The summed E-state index contributed by atoms with van der Waals surface area (Å²) in [7, 11) is 0. The summed E-state index contributed by atoms with van der Waals surface area (Å²) in [5.74, 6) is -1.49. The van der Waals surface area contributed by atoms with E-state index >= 15 is 0 Å². The van der Waals surface area contributed by atoms with Crippen LogP contribution in [0.15, 0.2) is 18.2 Å². The predicted molar refractivity (Wildman–Crippen MR) is 60.7 cm³/mol. The quantitative estimate of drug-likeness (QED) is 0.789. The van der Waals surface area contributed by atoms with Crippen LogP contribution in [-0.4, -0.2) is 26.2 Å². The minimum absolute atomic E-state index is 0.391. The minimum atomic E-state index is -0.766. The molecule has 0 bridgehead atoms. The Labute approximate surface area is 94.3 Å². The monoisotopic (exact) mass is 226 g/mol. The first kappa shape index (κ1) is 11.3. The normalized spacial score (nSPS) is 18.0. The number of benzene rings is 1. The molecule has 1 aromatic rings. The van der Waals surface area contributed by atoms with Crippen molar-refractivity contribution >= 4 is 5.69 Å². The molecule has 1 aromatic carbocycles. The number of rotatable bonds is 1. The molecular formula is C12H16F2N2. The van der Waals surface area contributed by atoms with Gasteiger partial charge in [-0.15, -0.1) is 0 Å². The van der Waals surface area contributed by atoms with Gasteiger partial charge in [-0.1, -0.05) is 6.07 Å². The van der Waals surface area contributed by atoms with Gasteiger partial charge in [0.1, 0.15) is 0 Å². The van der Waals surface area contributed by atoms with Crippen LogP contribution in [0.3, 0.4) is 0 Å². The van der Waals surface area contributed by atoms with E-state index in [1.807, 2.05) is 4.90 Å². The lowest BCUT2D eigenvalue weighted by molar-refractivity contribution is 0.499. The zero-order valence-corrected chi connectivity index (χ0v) is 9.18. The van der Waals surface area contributed by atoms with E-state index in [-0.39, 0.29) is 0 Å². The first-order valence-electron chi connectivity index (χ1n) is 5.69. The van der Waals surface area contributed by atoms with Crippen LogP contribution in [-0.2, 0) is 0 Å². The average molecular weight is 226 g/mol. The van der Waals surface area contributed by atoms with E-state index in [0.29, 0.717) is 5.69 Å². The van der Waals surface area contributed by atoms with Crippen molar-refractivity contribution in [2.75, 3.05) is 31.1 Å². The molecule has 0 unspecified atom stereocenters. The molecule has 2 rings (SSSR count). The molecule has 0 spiro atoms. The van der Waals surface area contributed by atoms with E-state index in [2.05, 4.69) is 5.32 Å². The molecule has 1 N–H and O–H groups in total. The van der Waals surface area contributed by atoms with Crippen molar-refractivity contribution in [3.05, 3.63) is 29.8 Å². The van der Waals surface area contributed by atoms with Gasteiger partial charge < -0.3 is 10.2 Å². The number of anilines is 1. The molecule has 1 heterocycles. The van der Waals surface area contributed by atoms with Crippen LogP contribution in [0.1, 0.15) is 12.8 Å². The van der Waals surface area contributed by atoms with E-state index in [0.717, 1.165) is 45.1 Å². The van der Waals surface area contributed by atoms with E-state index in [4.69, 9.17) is 0 Å². The fourth-order valence-electron chi connectivity index (χ4n) is 2.00. The van der Waals surface area contributed by atoms with Gasteiger partial charge in [0.2, 0.25) is 0 Å². The van der Waals surface area contributed by atoms with Crippen molar-refractivity contribution in [3.8, 4) is 0 Å². The number of nitrogens with one attached hydrogen (secondary N) is 1. The lowest BCUT2D eigenvalue weighted by Crippen LogP contribution is -2.34. The highest BCUT2D eigenvalue weighted by atomic mass is 19.2. The lowest BCUT2D eigenvalue weighted by atomic mass is 10.2. The summed E-state index contributed by atoms with van der Waals surface area (Å²) in [6.07, 6.45) is 1.91. The molecule has 4 heteroatoms. The van der Waals surface area contributed by atoms with E-state index in [9.17, 15) is 8.78 Å². The topological polar surface area (TPSA) is 15.3 Å². The molecule has 1 saturated heterocycles. The second kappa shape index (κ2) is 5.25. The zero-order valence-electron chi connectivity index (χ0n) is 9.18. The van der Waals surface area contributed by atoms with Gasteiger partial charge in [0.05, 0.1) is 5.69 Å². The second-order valence-corrected chi connectivity index (χ2v) is 4.02. The van der Waals surface area contributed by atoms with Crippen LogP contribution in [0.5, 0.6) is 0 Å². The average Bonchev–Trinajstić information content (AvgIpc) is 2.23. The van der Waals surface area contributed by atoms with Gasteiger partial charge in [-0.05, 0) is 38.1 Å². The minimum Gasteiger partial charge on any atom is -0.369 e. The standard InChI is InChI=1S/C12H16F2N2/c13-10-4-1-5-11(12(10)14)16-8-2-6-15-7-3-9-16/h1,4-5,15H,2-3,6-9H2. The molecule has 1 fully saturated rings. The molecule has 0 amide bonds. The molecule has 0 saturated carbocycles. The first-order valence-corrected chi connectivity index (χ1v) is 5.69. The maximum Gasteiger partial charge on any atom is 0.182 e. The molecule has 1 aliphatic heterocycles. The number of hydrogen-bond donors (Lipinski definition) is 1. The second-order valence-electron chi connectivity index (χ2n) is 4.02. The number of nitrogens with zero attached hydrogens (tertiary/aromatic N) is 1. The van der Waals surface area contributed by atoms with Crippen molar-refractivity contribution in [1.29, 1.82) is 0 Å². The Balaban J connectivity index is 2.17. The molecule has 0 atom stereocenters. The maximum absolute atomic E-state index is 13.6. The highest BCUT2D eigenvalue weighted by Crippen LogP contribution is 2.22. The highest BCUT2D eigenvalue weighted by molar-refractivity contribution is 5.48. The lowest BCUT2D eigenvalue weighted by Gasteiger charge is -2.27. The number of hydrogen-bond acceptors (Lipinski definition) is 2. The van der Waals surface area contributed by atoms with E-state index in [1.54, 1.807) is 12.1 Å². The molecule has 1 aliphatic rings. The Morgan fingerprint density at radius 3 is 2.44 bits per heavy atom. The Morgan fingerprint density at radius 2 is 1.75 bits per heavy atom. The summed E-state index contributed by atoms with van der Waals surface area (Å²) in [6.45, 7) is 3.42. The predicted octanol–water partition coefficient (Wildman–Crippen LogP) is 2.15. The summed E-state index contributed by atoms with van der Waals surface area (Å²) in [5, 5.41) is 3.29. The van der Waals surface area contributed by atoms with Gasteiger partial charge in [-0.3, -0.25) is 0 Å². The van der Waals surface area contributed by atoms with Crippen molar-refractivity contribution in [3.63, 3.8) is 0 Å². The smallest absolute Gasteiger partial charge is 0.182 e. The SMILES string of the molecule is Fc1cccc(N2CCCNCCC2)c1F. The molecule has 0 aromatic heterocycles. The number of halogens is 2. The van der Waals surface area contributed by atoms with Crippen LogP contribution < -0.4 is 10.2 Å². The molecule has 16 heavy (non-hydrogen) atoms. The Bertz CT molecular complexity index is 347. The Hall–Kier alpha value is -1.16. The van der Waals surface area contributed by atoms with Crippen molar-refractivity contribution in [1.82, 2.24) is 5.32 Å². The first-order chi connectivity index (χ1) is 7.79. The van der Waals surface area contributed by atoms with Gasteiger partial charge in [0.25, 0.3) is 0 Å². The zero-order chi connectivity index (χ0) is 11.4. The molecule has 0 aliphatic carbocycles. The van der Waals surface area contributed by atoms with Gasteiger partial charge >= 0.3 is 0 Å². The third-order valence-electron chi connectivity index (χ3n) is 2.84. The molecule has 88 valence electrons. The highest BCUT2D eigenvalue weighted by Gasteiger charge is 2.15. The largest absolute Gasteiger partial charge is 0.369 e. The van der Waals surface area contributed by atoms with E-state index in [1.165, 1.54) is 0 Å². The van der Waals surface area contributed by atoms with Crippen molar-refractivity contribution in [2.24, 2.45) is 0 Å². The third-order valence-corrected chi connectivity index (χ3v) is 2.84. The van der Waals surface area contributed by atoms with E-state index < -0.39 is 11.6 Å². The van der Waals surface area contributed by atoms with Gasteiger partial charge in [-0.2, -0.15) is 0 Å². The third kappa shape index (κ3) is 2.50.